The number of pyridine rings is 1. The highest BCUT2D eigenvalue weighted by molar-refractivity contribution is 5.92. The van der Waals surface area contributed by atoms with Crippen LogP contribution in [0.4, 0.5) is 10.2 Å². The number of carbonyl (C=O) groups is 1. The summed E-state index contributed by atoms with van der Waals surface area (Å²) < 4.78 is 16.7. The smallest absolute Gasteiger partial charge is 0.271 e. The molecule has 3 aromatic rings. The zero-order valence-electron chi connectivity index (χ0n) is 21.4. The summed E-state index contributed by atoms with van der Waals surface area (Å²) in [6.45, 7) is 8.27. The third kappa shape index (κ3) is 4.99. The number of rotatable bonds is 11. The molecule has 5 rings (SSSR count). The van der Waals surface area contributed by atoms with Crippen molar-refractivity contribution in [3.63, 3.8) is 0 Å². The summed E-state index contributed by atoms with van der Waals surface area (Å²) >= 11 is 0. The Kier molecular flexibility index (Phi) is 6.77. The number of aromatic amines is 1. The van der Waals surface area contributed by atoms with Crippen molar-refractivity contribution in [1.29, 1.82) is 0 Å². The van der Waals surface area contributed by atoms with Crippen molar-refractivity contribution < 1.29 is 9.18 Å². The van der Waals surface area contributed by atoms with E-state index < -0.39 is 5.95 Å². The average molecular weight is 495 g/mol. The first-order valence-corrected chi connectivity index (χ1v) is 13.0. The van der Waals surface area contributed by atoms with E-state index in [0.717, 1.165) is 23.4 Å². The number of hydrogen-bond donors (Lipinski definition) is 3. The Morgan fingerprint density at radius 2 is 1.94 bits per heavy atom. The van der Waals surface area contributed by atoms with Gasteiger partial charge in [0.25, 0.3) is 5.91 Å². The molecule has 1 amide bonds. The van der Waals surface area contributed by atoms with Gasteiger partial charge in [0.15, 0.2) is 0 Å². The molecular formula is C26H35FN8O. The van der Waals surface area contributed by atoms with Gasteiger partial charge in [-0.3, -0.25) is 9.89 Å². The summed E-state index contributed by atoms with van der Waals surface area (Å²) in [6, 6.07) is 3.51. The van der Waals surface area contributed by atoms with E-state index in [-0.39, 0.29) is 18.0 Å². The van der Waals surface area contributed by atoms with Crippen LogP contribution >= 0.6 is 0 Å². The van der Waals surface area contributed by atoms with E-state index >= 15 is 4.39 Å². The van der Waals surface area contributed by atoms with Gasteiger partial charge in [-0.2, -0.15) is 9.49 Å². The number of halogens is 1. The van der Waals surface area contributed by atoms with Gasteiger partial charge in [0.1, 0.15) is 11.5 Å². The molecule has 0 aliphatic heterocycles. The molecule has 1 unspecified atom stereocenters. The lowest BCUT2D eigenvalue weighted by molar-refractivity contribution is 0.0903. The average Bonchev–Trinajstić information content (AvgIpc) is 3.80. The highest BCUT2D eigenvalue weighted by Crippen LogP contribution is 2.50. The zero-order valence-corrected chi connectivity index (χ0v) is 21.4. The molecule has 2 atom stereocenters. The maximum absolute atomic E-state index is 15.0. The van der Waals surface area contributed by atoms with Gasteiger partial charge in [-0.1, -0.05) is 12.1 Å². The quantitative estimate of drug-likeness (QED) is 0.340. The van der Waals surface area contributed by atoms with E-state index in [1.807, 2.05) is 20.8 Å². The number of amides is 1. The Labute approximate surface area is 210 Å². The molecular weight excluding hydrogens is 459 g/mol. The normalized spacial score (nSPS) is 17.3. The Morgan fingerprint density at radius 1 is 1.22 bits per heavy atom. The first-order valence-electron chi connectivity index (χ1n) is 13.0. The molecule has 0 radical (unpaired) electrons. The number of anilines is 1. The Balaban J connectivity index is 1.34. The van der Waals surface area contributed by atoms with E-state index in [1.54, 1.807) is 16.8 Å². The van der Waals surface area contributed by atoms with Crippen molar-refractivity contribution in [3.8, 4) is 11.1 Å². The van der Waals surface area contributed by atoms with Crippen LogP contribution in [0, 0.1) is 37.5 Å². The summed E-state index contributed by atoms with van der Waals surface area (Å²) in [6.07, 6.45) is 7.18. The second kappa shape index (κ2) is 9.99. The molecule has 3 aromatic heterocycles. The van der Waals surface area contributed by atoms with Crippen molar-refractivity contribution in [2.75, 3.05) is 11.9 Å². The van der Waals surface area contributed by atoms with Gasteiger partial charge in [-0.25, -0.2) is 9.67 Å². The molecule has 0 saturated heterocycles. The van der Waals surface area contributed by atoms with Crippen LogP contribution < -0.4 is 10.6 Å². The minimum absolute atomic E-state index is 0.0840. The molecule has 36 heavy (non-hydrogen) atoms. The molecule has 2 saturated carbocycles. The van der Waals surface area contributed by atoms with Gasteiger partial charge in [0, 0.05) is 29.4 Å². The standard InChI is InChI=1S/C26H35FN8O/c1-5-14(2)35-21(13-29-34-35)26(36)30-20(24(17-6-7-17)18-8-9-18)12-28-22-11-10-19(25(27)31-22)23-15(3)32-33-16(23)4/h10-11,13-14,17-18,20,24H,5-9,12H2,1-4H3,(H,28,31)(H,30,36)(H,32,33)/t14?,20-/m1/s1. The van der Waals surface area contributed by atoms with Crippen molar-refractivity contribution >= 4 is 11.7 Å². The highest BCUT2D eigenvalue weighted by atomic mass is 19.1. The monoisotopic (exact) mass is 494 g/mol. The van der Waals surface area contributed by atoms with E-state index in [4.69, 9.17) is 0 Å². The molecule has 0 bridgehead atoms. The van der Waals surface area contributed by atoms with Gasteiger partial charge < -0.3 is 10.6 Å². The van der Waals surface area contributed by atoms with Gasteiger partial charge in [-0.15, -0.1) is 5.10 Å². The van der Waals surface area contributed by atoms with Crippen LogP contribution in [0.15, 0.2) is 18.3 Å². The molecule has 0 spiro atoms. The second-order valence-electron chi connectivity index (χ2n) is 10.4. The topological polar surface area (TPSA) is 113 Å². The van der Waals surface area contributed by atoms with Crippen molar-refractivity contribution in [2.24, 2.45) is 17.8 Å². The number of aryl methyl sites for hydroxylation is 2. The van der Waals surface area contributed by atoms with Crippen molar-refractivity contribution in [2.45, 2.75) is 71.9 Å². The third-order valence-electron chi connectivity index (χ3n) is 7.68. The molecule has 10 heteroatoms. The third-order valence-corrected chi connectivity index (χ3v) is 7.68. The van der Waals surface area contributed by atoms with Gasteiger partial charge in [-0.05, 0) is 82.8 Å². The van der Waals surface area contributed by atoms with Gasteiger partial charge >= 0.3 is 0 Å². The fourth-order valence-electron chi connectivity index (χ4n) is 5.32. The minimum atomic E-state index is -0.544. The van der Waals surface area contributed by atoms with Crippen molar-refractivity contribution in [1.82, 2.24) is 35.5 Å². The summed E-state index contributed by atoms with van der Waals surface area (Å²) in [5, 5.41) is 21.8. The Hall–Kier alpha value is -3.30. The molecule has 3 heterocycles. The van der Waals surface area contributed by atoms with Gasteiger partial charge in [0.05, 0.1) is 17.9 Å². The summed E-state index contributed by atoms with van der Waals surface area (Å²) in [4.78, 5) is 17.5. The van der Waals surface area contributed by atoms with Crippen LogP contribution in [0.1, 0.15) is 73.9 Å². The molecule has 9 nitrogen and oxygen atoms in total. The number of H-pyrrole nitrogens is 1. The maximum atomic E-state index is 15.0. The van der Waals surface area contributed by atoms with E-state index in [0.29, 0.717) is 41.4 Å². The van der Waals surface area contributed by atoms with E-state index in [1.165, 1.54) is 31.9 Å². The van der Waals surface area contributed by atoms with Crippen LogP contribution in [0.2, 0.25) is 0 Å². The SMILES string of the molecule is CCC(C)n1nncc1C(=O)N[C@H](CNc1ccc(-c2c(C)n[nH]c2C)c(F)n1)C(C1CC1)C1CC1. The predicted octanol–water partition coefficient (Wildman–Crippen LogP) is 4.44. The lowest BCUT2D eigenvalue weighted by atomic mass is 9.89. The van der Waals surface area contributed by atoms with Crippen LogP contribution in [-0.2, 0) is 0 Å². The summed E-state index contributed by atoms with van der Waals surface area (Å²) in [5.74, 6) is 1.39. The van der Waals surface area contributed by atoms with E-state index in [2.05, 4.69) is 43.1 Å². The van der Waals surface area contributed by atoms with Gasteiger partial charge in [0.2, 0.25) is 5.95 Å². The second-order valence-corrected chi connectivity index (χ2v) is 10.4. The van der Waals surface area contributed by atoms with Crippen molar-refractivity contribution in [3.05, 3.63) is 41.4 Å². The van der Waals surface area contributed by atoms with Crippen LogP contribution in [0.25, 0.3) is 11.1 Å². The zero-order chi connectivity index (χ0) is 25.4. The fraction of sp³-hybridized carbons (Fsp3) is 0.577. The Bertz CT molecular complexity index is 1200. The molecule has 2 aliphatic rings. The maximum Gasteiger partial charge on any atom is 0.271 e. The number of nitrogens with zero attached hydrogens (tertiary/aromatic N) is 5. The summed E-state index contributed by atoms with van der Waals surface area (Å²) in [7, 11) is 0. The first-order chi connectivity index (χ1) is 17.4. The molecule has 2 aliphatic carbocycles. The number of aromatic nitrogens is 6. The minimum Gasteiger partial charge on any atom is -0.368 e. The Morgan fingerprint density at radius 3 is 2.53 bits per heavy atom. The van der Waals surface area contributed by atoms with Crippen LogP contribution in [-0.4, -0.2) is 48.7 Å². The number of nitrogens with one attached hydrogen (secondary N) is 3. The highest BCUT2D eigenvalue weighted by Gasteiger charge is 2.46. The molecule has 3 N–H and O–H groups in total. The number of carbonyl (C=O) groups excluding carboxylic acids is 1. The van der Waals surface area contributed by atoms with E-state index in [9.17, 15) is 4.79 Å². The molecule has 0 aromatic carbocycles. The number of hydrogen-bond acceptors (Lipinski definition) is 6. The van der Waals surface area contributed by atoms with Crippen LogP contribution in [0.3, 0.4) is 0 Å². The lowest BCUT2D eigenvalue weighted by Crippen LogP contribution is -2.47. The lowest BCUT2D eigenvalue weighted by Gasteiger charge is -2.29. The first kappa shape index (κ1) is 24.4. The molecule has 2 fully saturated rings. The fourth-order valence-corrected chi connectivity index (χ4v) is 5.32. The van der Waals surface area contributed by atoms with Crippen LogP contribution in [0.5, 0.6) is 0 Å². The largest absolute Gasteiger partial charge is 0.368 e. The summed E-state index contributed by atoms with van der Waals surface area (Å²) in [5.41, 5.74) is 3.18. The molecule has 192 valence electrons. The predicted molar refractivity (Wildman–Crippen MR) is 135 cm³/mol.